The second-order valence-electron chi connectivity index (χ2n) is 6.71. The maximum Gasteiger partial charge on any atom is 0.223 e. The maximum absolute atomic E-state index is 12.3. The van der Waals surface area contributed by atoms with E-state index >= 15 is 0 Å². The largest absolute Gasteiger partial charge is 0.467 e. The van der Waals surface area contributed by atoms with Gasteiger partial charge in [0.2, 0.25) is 11.0 Å². The van der Waals surface area contributed by atoms with E-state index in [1.165, 1.54) is 17.1 Å². The highest BCUT2D eigenvalue weighted by atomic mass is 32.1. The van der Waals surface area contributed by atoms with Crippen LogP contribution in [0.3, 0.4) is 0 Å². The summed E-state index contributed by atoms with van der Waals surface area (Å²) in [6.45, 7) is 2.11. The van der Waals surface area contributed by atoms with Crippen LogP contribution in [0.15, 0.2) is 53.1 Å². The van der Waals surface area contributed by atoms with Gasteiger partial charge >= 0.3 is 0 Å². The Labute approximate surface area is 162 Å². The quantitative estimate of drug-likeness (QED) is 0.709. The number of rotatable bonds is 6. The fraction of sp³-hybridized carbons (Fsp3) is 0.350. The number of amides is 1. The van der Waals surface area contributed by atoms with Crippen LogP contribution in [0.25, 0.3) is 0 Å². The highest BCUT2D eigenvalue weighted by Crippen LogP contribution is 2.25. The Hall–Kier alpha value is -2.67. The van der Waals surface area contributed by atoms with Crippen LogP contribution in [0.4, 0.5) is 5.13 Å². The molecular formula is C20H22N4O2S. The van der Waals surface area contributed by atoms with Gasteiger partial charge in [0.15, 0.2) is 0 Å². The van der Waals surface area contributed by atoms with E-state index in [9.17, 15) is 4.79 Å². The summed E-state index contributed by atoms with van der Waals surface area (Å²) in [4.78, 5) is 19.3. The van der Waals surface area contributed by atoms with E-state index in [0.29, 0.717) is 6.54 Å². The minimum absolute atomic E-state index is 0.0490. The van der Waals surface area contributed by atoms with Crippen LogP contribution in [0.1, 0.15) is 30.0 Å². The molecule has 27 heavy (non-hydrogen) atoms. The molecule has 4 rings (SSSR count). The molecule has 140 valence electrons. The first kappa shape index (κ1) is 17.7. The normalized spacial score (nSPS) is 15.0. The molecule has 1 aliphatic heterocycles. The summed E-state index contributed by atoms with van der Waals surface area (Å²) in [7, 11) is 0. The molecule has 0 bridgehead atoms. The van der Waals surface area contributed by atoms with Gasteiger partial charge in [0, 0.05) is 37.0 Å². The second kappa shape index (κ2) is 8.35. The molecule has 3 aromatic rings. The zero-order valence-electron chi connectivity index (χ0n) is 15.0. The molecule has 1 saturated heterocycles. The number of nitrogens with one attached hydrogen (secondary N) is 1. The minimum Gasteiger partial charge on any atom is -0.467 e. The van der Waals surface area contributed by atoms with Crippen molar-refractivity contribution < 1.29 is 9.21 Å². The summed E-state index contributed by atoms with van der Waals surface area (Å²) in [5, 5.41) is 3.92. The molecule has 0 aliphatic carbocycles. The Morgan fingerprint density at radius 2 is 2.00 bits per heavy atom. The fourth-order valence-electron chi connectivity index (χ4n) is 3.29. The monoisotopic (exact) mass is 382 g/mol. The van der Waals surface area contributed by atoms with E-state index in [2.05, 4.69) is 31.7 Å². The van der Waals surface area contributed by atoms with Crippen LogP contribution in [-0.4, -0.2) is 28.4 Å². The third-order valence-corrected chi connectivity index (χ3v) is 5.63. The Kier molecular flexibility index (Phi) is 5.48. The molecule has 1 amide bonds. The SMILES string of the molecule is O=C(NCc1ccco1)C1CCN(c2nc(Cc3ccccc3)ns2)CC1. The molecule has 1 fully saturated rings. The van der Waals surface area contributed by atoms with Crippen LogP contribution < -0.4 is 10.2 Å². The number of aromatic nitrogens is 2. The molecule has 0 unspecified atom stereocenters. The van der Waals surface area contributed by atoms with Gasteiger partial charge in [0.05, 0.1) is 12.8 Å². The van der Waals surface area contributed by atoms with E-state index in [-0.39, 0.29) is 11.8 Å². The topological polar surface area (TPSA) is 71.3 Å². The number of carbonyl (C=O) groups excluding carboxylic acids is 1. The summed E-state index contributed by atoms with van der Waals surface area (Å²) in [5.74, 6) is 1.79. The molecular weight excluding hydrogens is 360 g/mol. The molecule has 1 aliphatic rings. The number of piperidine rings is 1. The van der Waals surface area contributed by atoms with Gasteiger partial charge < -0.3 is 14.6 Å². The molecule has 6 nitrogen and oxygen atoms in total. The number of furan rings is 1. The van der Waals surface area contributed by atoms with Gasteiger partial charge in [-0.1, -0.05) is 30.3 Å². The number of anilines is 1. The van der Waals surface area contributed by atoms with E-state index < -0.39 is 0 Å². The average Bonchev–Trinajstić information content (AvgIpc) is 3.39. The van der Waals surface area contributed by atoms with Crippen LogP contribution in [0.5, 0.6) is 0 Å². The Balaban J connectivity index is 1.27. The van der Waals surface area contributed by atoms with Crippen LogP contribution in [0.2, 0.25) is 0 Å². The molecule has 7 heteroatoms. The lowest BCUT2D eigenvalue weighted by atomic mass is 9.96. The second-order valence-corrected chi connectivity index (χ2v) is 7.44. The van der Waals surface area contributed by atoms with Crippen LogP contribution in [0, 0.1) is 5.92 Å². The Bertz CT molecular complexity index is 855. The van der Waals surface area contributed by atoms with Crippen molar-refractivity contribution in [3.05, 3.63) is 65.9 Å². The van der Waals surface area contributed by atoms with E-state index in [4.69, 9.17) is 4.42 Å². The first-order valence-electron chi connectivity index (χ1n) is 9.19. The zero-order chi connectivity index (χ0) is 18.5. The molecule has 0 spiro atoms. The van der Waals surface area contributed by atoms with Gasteiger partial charge in [-0.05, 0) is 30.5 Å². The van der Waals surface area contributed by atoms with Crippen LogP contribution in [-0.2, 0) is 17.8 Å². The highest BCUT2D eigenvalue weighted by molar-refractivity contribution is 7.09. The summed E-state index contributed by atoms with van der Waals surface area (Å²) in [6, 6.07) is 14.0. The summed E-state index contributed by atoms with van der Waals surface area (Å²) >= 11 is 1.45. The lowest BCUT2D eigenvalue weighted by Crippen LogP contribution is -2.40. The highest BCUT2D eigenvalue weighted by Gasteiger charge is 2.26. The molecule has 2 aromatic heterocycles. The maximum atomic E-state index is 12.3. The van der Waals surface area contributed by atoms with Crippen molar-refractivity contribution in [2.24, 2.45) is 5.92 Å². The third-order valence-electron chi connectivity index (χ3n) is 4.82. The molecule has 0 atom stereocenters. The van der Waals surface area contributed by atoms with Gasteiger partial charge in [-0.25, -0.2) is 4.98 Å². The van der Waals surface area contributed by atoms with Crippen molar-refractivity contribution in [1.82, 2.24) is 14.7 Å². The predicted molar refractivity (Wildman–Crippen MR) is 105 cm³/mol. The van der Waals surface area contributed by atoms with Crippen molar-refractivity contribution in [3.8, 4) is 0 Å². The summed E-state index contributed by atoms with van der Waals surface area (Å²) < 4.78 is 9.75. The first-order valence-corrected chi connectivity index (χ1v) is 9.97. The van der Waals surface area contributed by atoms with Crippen LogP contribution >= 0.6 is 11.5 Å². The first-order chi connectivity index (χ1) is 13.3. The molecule has 1 N–H and O–H groups in total. The van der Waals surface area contributed by atoms with Crippen molar-refractivity contribution in [2.75, 3.05) is 18.0 Å². The number of nitrogens with zero attached hydrogens (tertiary/aromatic N) is 3. The fourth-order valence-corrected chi connectivity index (χ4v) is 4.02. The van der Waals surface area contributed by atoms with Gasteiger partial charge in [-0.15, -0.1) is 0 Å². The lowest BCUT2D eigenvalue weighted by Gasteiger charge is -2.30. The van der Waals surface area contributed by atoms with Gasteiger partial charge in [-0.3, -0.25) is 4.79 Å². The minimum atomic E-state index is 0.0490. The molecule has 3 heterocycles. The summed E-state index contributed by atoms with van der Waals surface area (Å²) in [5.41, 5.74) is 1.22. The Morgan fingerprint density at radius 1 is 1.19 bits per heavy atom. The average molecular weight is 382 g/mol. The number of benzene rings is 1. The number of hydrogen-bond donors (Lipinski definition) is 1. The van der Waals surface area contributed by atoms with Gasteiger partial charge in [0.1, 0.15) is 11.6 Å². The smallest absolute Gasteiger partial charge is 0.223 e. The summed E-state index contributed by atoms with van der Waals surface area (Å²) in [6.07, 6.45) is 4.03. The predicted octanol–water partition coefficient (Wildman–Crippen LogP) is 3.25. The van der Waals surface area contributed by atoms with Crippen molar-refractivity contribution in [3.63, 3.8) is 0 Å². The Morgan fingerprint density at radius 3 is 2.74 bits per heavy atom. The molecule has 1 aromatic carbocycles. The lowest BCUT2D eigenvalue weighted by molar-refractivity contribution is -0.125. The van der Waals surface area contributed by atoms with E-state index in [1.807, 2.05) is 30.3 Å². The zero-order valence-corrected chi connectivity index (χ0v) is 15.8. The van der Waals surface area contributed by atoms with E-state index in [1.54, 1.807) is 6.26 Å². The van der Waals surface area contributed by atoms with Crippen molar-refractivity contribution in [1.29, 1.82) is 0 Å². The molecule has 0 radical (unpaired) electrons. The van der Waals surface area contributed by atoms with Gasteiger partial charge in [0.25, 0.3) is 0 Å². The van der Waals surface area contributed by atoms with Crippen molar-refractivity contribution >= 4 is 22.6 Å². The standard InChI is InChI=1S/C20H22N4O2S/c25-19(21-14-17-7-4-12-26-17)16-8-10-24(11-9-16)20-22-18(23-27-20)13-15-5-2-1-3-6-15/h1-7,12,16H,8-11,13-14H2,(H,21,25). The third kappa shape index (κ3) is 4.54. The number of carbonyl (C=O) groups is 1. The van der Waals surface area contributed by atoms with E-state index in [0.717, 1.165) is 49.1 Å². The number of hydrogen-bond acceptors (Lipinski definition) is 6. The van der Waals surface area contributed by atoms with Gasteiger partial charge in [-0.2, -0.15) is 4.37 Å². The molecule has 0 saturated carbocycles. The van der Waals surface area contributed by atoms with Crippen molar-refractivity contribution in [2.45, 2.75) is 25.8 Å².